The number of rotatable bonds is 3. The van der Waals surface area contributed by atoms with E-state index in [1.54, 1.807) is 11.3 Å². The Morgan fingerprint density at radius 1 is 1.55 bits per heavy atom. The van der Waals surface area contributed by atoms with Gasteiger partial charge >= 0.3 is 0 Å². The first-order chi connectivity index (χ1) is 5.14. The third kappa shape index (κ3) is 2.64. The summed E-state index contributed by atoms with van der Waals surface area (Å²) in [6, 6.07) is 4.16. The van der Waals surface area contributed by atoms with Gasteiger partial charge < -0.3 is 5.11 Å². The Labute approximate surface area is 71.7 Å². The molecule has 0 aliphatic rings. The van der Waals surface area contributed by atoms with Crippen LogP contribution in [0.4, 0.5) is 0 Å². The first-order valence-corrected chi connectivity index (χ1v) is 4.65. The number of aliphatic hydroxyl groups is 1. The van der Waals surface area contributed by atoms with Gasteiger partial charge in [0.1, 0.15) is 0 Å². The Kier molecular flexibility index (Phi) is 2.68. The second-order valence-corrected chi connectivity index (χ2v) is 4.61. The first-order valence-electron chi connectivity index (χ1n) is 3.77. The van der Waals surface area contributed by atoms with Crippen LogP contribution in [0.25, 0.3) is 0 Å². The molecule has 0 atom stereocenters. The highest BCUT2D eigenvalue weighted by Crippen LogP contribution is 2.23. The molecule has 1 rings (SSSR count). The molecule has 1 nitrogen and oxygen atoms in total. The third-order valence-corrected chi connectivity index (χ3v) is 2.54. The molecule has 0 bridgehead atoms. The fourth-order valence-corrected chi connectivity index (χ4v) is 1.90. The van der Waals surface area contributed by atoms with Crippen molar-refractivity contribution < 1.29 is 5.11 Å². The summed E-state index contributed by atoms with van der Waals surface area (Å²) in [6.07, 6.45) is 0.973. The number of hydrogen-bond donors (Lipinski definition) is 1. The van der Waals surface area contributed by atoms with Gasteiger partial charge in [0.05, 0.1) is 0 Å². The summed E-state index contributed by atoms with van der Waals surface area (Å²) in [5.41, 5.74) is 0.0326. The van der Waals surface area contributed by atoms with Crippen molar-refractivity contribution >= 4 is 11.3 Å². The minimum absolute atomic E-state index is 0.0326. The summed E-state index contributed by atoms with van der Waals surface area (Å²) in [6.45, 7) is 4.41. The maximum absolute atomic E-state index is 9.00. The molecule has 0 unspecified atom stereocenters. The van der Waals surface area contributed by atoms with Gasteiger partial charge in [-0.05, 0) is 23.3 Å². The summed E-state index contributed by atoms with van der Waals surface area (Å²) in [7, 11) is 0. The lowest BCUT2D eigenvalue weighted by molar-refractivity contribution is 0.160. The van der Waals surface area contributed by atoms with Crippen LogP contribution in [0.2, 0.25) is 0 Å². The van der Waals surface area contributed by atoms with Crippen molar-refractivity contribution in [3.63, 3.8) is 0 Å². The molecule has 0 radical (unpaired) electrons. The van der Waals surface area contributed by atoms with Gasteiger partial charge in [-0.2, -0.15) is 0 Å². The molecule has 62 valence electrons. The van der Waals surface area contributed by atoms with Gasteiger partial charge in [0.15, 0.2) is 0 Å². The maximum atomic E-state index is 9.00. The van der Waals surface area contributed by atoms with Gasteiger partial charge in [0.2, 0.25) is 0 Å². The summed E-state index contributed by atoms with van der Waals surface area (Å²) in [5.74, 6) is 0. The lowest BCUT2D eigenvalue weighted by Gasteiger charge is -2.19. The highest BCUT2D eigenvalue weighted by atomic mass is 32.1. The van der Waals surface area contributed by atoms with Crippen molar-refractivity contribution in [1.82, 2.24) is 0 Å². The monoisotopic (exact) mass is 170 g/mol. The van der Waals surface area contributed by atoms with Gasteiger partial charge in [-0.25, -0.2) is 0 Å². The molecule has 0 aliphatic carbocycles. The van der Waals surface area contributed by atoms with E-state index < -0.39 is 0 Å². The molecule has 1 aromatic heterocycles. The van der Waals surface area contributed by atoms with E-state index in [0.717, 1.165) is 6.42 Å². The van der Waals surface area contributed by atoms with Crippen molar-refractivity contribution in [2.75, 3.05) is 6.61 Å². The van der Waals surface area contributed by atoms with Crippen LogP contribution in [0.1, 0.15) is 18.7 Å². The van der Waals surface area contributed by atoms with Crippen LogP contribution in [0.15, 0.2) is 17.5 Å². The molecule has 1 N–H and O–H groups in total. The molecule has 2 heteroatoms. The van der Waals surface area contributed by atoms with Gasteiger partial charge in [0, 0.05) is 11.5 Å². The fourth-order valence-electron chi connectivity index (χ4n) is 0.941. The molecule has 0 amide bonds. The van der Waals surface area contributed by atoms with Gasteiger partial charge in [0.25, 0.3) is 0 Å². The van der Waals surface area contributed by atoms with Crippen molar-refractivity contribution in [3.05, 3.63) is 22.4 Å². The van der Waals surface area contributed by atoms with Crippen LogP contribution in [0, 0.1) is 5.41 Å². The molecule has 0 fully saturated rings. The van der Waals surface area contributed by atoms with Crippen LogP contribution in [0.5, 0.6) is 0 Å². The topological polar surface area (TPSA) is 20.2 Å². The van der Waals surface area contributed by atoms with Crippen LogP contribution in [0.3, 0.4) is 0 Å². The number of thiophene rings is 1. The first kappa shape index (κ1) is 8.75. The molecule has 0 saturated heterocycles. The van der Waals surface area contributed by atoms with Crippen LogP contribution in [-0.4, -0.2) is 11.7 Å². The van der Waals surface area contributed by atoms with E-state index in [1.165, 1.54) is 4.88 Å². The second-order valence-electron chi connectivity index (χ2n) is 3.58. The van der Waals surface area contributed by atoms with Gasteiger partial charge in [-0.3, -0.25) is 0 Å². The van der Waals surface area contributed by atoms with Crippen LogP contribution >= 0.6 is 11.3 Å². The zero-order valence-electron chi connectivity index (χ0n) is 7.00. The Morgan fingerprint density at radius 3 is 2.73 bits per heavy atom. The van der Waals surface area contributed by atoms with Gasteiger partial charge in [-0.15, -0.1) is 11.3 Å². The third-order valence-electron chi connectivity index (χ3n) is 1.66. The second kappa shape index (κ2) is 3.37. The largest absolute Gasteiger partial charge is 0.396 e. The lowest BCUT2D eigenvalue weighted by atomic mass is 9.90. The van der Waals surface area contributed by atoms with Crippen molar-refractivity contribution in [1.29, 1.82) is 0 Å². The number of hydrogen-bond acceptors (Lipinski definition) is 2. The quantitative estimate of drug-likeness (QED) is 0.738. The van der Waals surface area contributed by atoms with E-state index in [9.17, 15) is 0 Å². The van der Waals surface area contributed by atoms with E-state index in [2.05, 4.69) is 25.3 Å². The standard InChI is InChI=1S/C9H14OS/c1-9(2,7-10)6-8-4-3-5-11-8/h3-5,10H,6-7H2,1-2H3. The predicted molar refractivity (Wildman–Crippen MR) is 48.9 cm³/mol. The predicted octanol–water partition coefficient (Wildman–Crippen LogP) is 2.31. The Balaban J connectivity index is 2.56. The van der Waals surface area contributed by atoms with Crippen molar-refractivity contribution in [2.45, 2.75) is 20.3 Å². The number of aliphatic hydroxyl groups excluding tert-OH is 1. The van der Waals surface area contributed by atoms with E-state index in [4.69, 9.17) is 5.11 Å². The maximum Gasteiger partial charge on any atom is 0.0485 e. The van der Waals surface area contributed by atoms with Crippen LogP contribution in [-0.2, 0) is 6.42 Å². The molecular weight excluding hydrogens is 156 g/mol. The lowest BCUT2D eigenvalue weighted by Crippen LogP contribution is -2.18. The summed E-state index contributed by atoms with van der Waals surface area (Å²) in [5, 5.41) is 11.1. The summed E-state index contributed by atoms with van der Waals surface area (Å²) >= 11 is 1.75. The Bertz CT molecular complexity index is 201. The fraction of sp³-hybridized carbons (Fsp3) is 0.556. The molecule has 11 heavy (non-hydrogen) atoms. The average molecular weight is 170 g/mol. The molecule has 1 heterocycles. The SMILES string of the molecule is CC(C)(CO)Cc1cccs1. The zero-order valence-corrected chi connectivity index (χ0v) is 7.82. The Hall–Kier alpha value is -0.340. The normalized spacial score (nSPS) is 11.9. The molecule has 0 aliphatic heterocycles. The van der Waals surface area contributed by atoms with E-state index in [1.807, 2.05) is 6.07 Å². The molecule has 0 saturated carbocycles. The average Bonchev–Trinajstić information content (AvgIpc) is 2.39. The van der Waals surface area contributed by atoms with Crippen molar-refractivity contribution in [2.24, 2.45) is 5.41 Å². The highest BCUT2D eigenvalue weighted by Gasteiger charge is 2.17. The Morgan fingerprint density at radius 2 is 2.27 bits per heavy atom. The van der Waals surface area contributed by atoms with E-state index in [-0.39, 0.29) is 12.0 Å². The summed E-state index contributed by atoms with van der Waals surface area (Å²) in [4.78, 5) is 1.35. The molecule has 0 aromatic carbocycles. The minimum Gasteiger partial charge on any atom is -0.396 e. The molecule has 1 aromatic rings. The molecular formula is C9H14OS. The smallest absolute Gasteiger partial charge is 0.0485 e. The van der Waals surface area contributed by atoms with E-state index >= 15 is 0 Å². The van der Waals surface area contributed by atoms with Crippen LogP contribution < -0.4 is 0 Å². The highest BCUT2D eigenvalue weighted by molar-refractivity contribution is 7.09. The van der Waals surface area contributed by atoms with E-state index in [0.29, 0.717) is 0 Å². The zero-order chi connectivity index (χ0) is 8.32. The molecule has 0 spiro atoms. The van der Waals surface area contributed by atoms with Crippen molar-refractivity contribution in [3.8, 4) is 0 Å². The minimum atomic E-state index is 0.0326. The summed E-state index contributed by atoms with van der Waals surface area (Å²) < 4.78 is 0. The van der Waals surface area contributed by atoms with Gasteiger partial charge in [-0.1, -0.05) is 19.9 Å².